The lowest BCUT2D eigenvalue weighted by molar-refractivity contribution is 0.509. The minimum absolute atomic E-state index is 0.100. The summed E-state index contributed by atoms with van der Waals surface area (Å²) in [5.74, 6) is 0. The maximum atomic E-state index is 8.85. The molecule has 2 nitrogen and oxygen atoms in total. The van der Waals surface area contributed by atoms with Crippen molar-refractivity contribution in [2.24, 2.45) is 0 Å². The summed E-state index contributed by atoms with van der Waals surface area (Å²) in [5, 5.41) is 12.8. The summed E-state index contributed by atoms with van der Waals surface area (Å²) in [6.07, 6.45) is 0.797. The molecule has 0 saturated heterocycles. The van der Waals surface area contributed by atoms with Gasteiger partial charge in [0.15, 0.2) is 0 Å². The van der Waals surface area contributed by atoms with E-state index in [9.17, 15) is 0 Å². The molecule has 0 bridgehead atoms. The fourth-order valence-electron chi connectivity index (χ4n) is 1.46. The molecule has 1 N–H and O–H groups in total. The predicted octanol–water partition coefficient (Wildman–Crippen LogP) is 3.29. The fraction of sp³-hybridized carbons (Fsp3) is 0.417. The van der Waals surface area contributed by atoms with Crippen LogP contribution in [-0.2, 0) is 0 Å². The van der Waals surface area contributed by atoms with Crippen LogP contribution in [0.5, 0.6) is 0 Å². The highest BCUT2D eigenvalue weighted by Crippen LogP contribution is 2.22. The summed E-state index contributed by atoms with van der Waals surface area (Å²) in [7, 11) is 0. The van der Waals surface area contributed by atoms with E-state index in [4.69, 9.17) is 16.9 Å². The van der Waals surface area contributed by atoms with Crippen molar-refractivity contribution < 1.29 is 0 Å². The van der Waals surface area contributed by atoms with Gasteiger partial charge in [0.25, 0.3) is 0 Å². The molecule has 15 heavy (non-hydrogen) atoms. The minimum Gasteiger partial charge on any atom is -0.295 e. The van der Waals surface area contributed by atoms with Gasteiger partial charge in [-0.1, -0.05) is 36.7 Å². The number of hydrogen-bond donors (Lipinski definition) is 1. The smallest absolute Gasteiger partial charge is 0.0954 e. The third-order valence-electron chi connectivity index (χ3n) is 2.39. The van der Waals surface area contributed by atoms with Gasteiger partial charge in [-0.2, -0.15) is 5.26 Å². The lowest BCUT2D eigenvalue weighted by atomic mass is 10.1. The normalized spacial score (nSPS) is 14.3. The lowest BCUT2D eigenvalue weighted by Crippen LogP contribution is -2.29. The molecule has 1 aromatic carbocycles. The lowest BCUT2D eigenvalue weighted by Gasteiger charge is -2.18. The zero-order valence-corrected chi connectivity index (χ0v) is 9.75. The molecule has 2 atom stereocenters. The van der Waals surface area contributed by atoms with E-state index in [1.165, 1.54) is 0 Å². The average molecular weight is 223 g/mol. The van der Waals surface area contributed by atoms with Crippen molar-refractivity contribution in [2.75, 3.05) is 0 Å². The first kappa shape index (κ1) is 12.0. The first-order valence-corrected chi connectivity index (χ1v) is 5.47. The minimum atomic E-state index is -0.115. The zero-order chi connectivity index (χ0) is 11.3. The first-order valence-electron chi connectivity index (χ1n) is 5.09. The standard InChI is InChI=1S/C12H15ClN2/c1-3-10(8-14)15-9(2)11-6-4-5-7-12(11)13/h4-7,9-10,15H,3H2,1-2H3. The molecule has 80 valence electrons. The Morgan fingerprint density at radius 3 is 2.67 bits per heavy atom. The molecular formula is C12H15ClN2. The number of nitrogens with one attached hydrogen (secondary N) is 1. The van der Waals surface area contributed by atoms with Crippen LogP contribution in [-0.4, -0.2) is 6.04 Å². The fourth-order valence-corrected chi connectivity index (χ4v) is 1.76. The van der Waals surface area contributed by atoms with Crippen LogP contribution in [0.3, 0.4) is 0 Å². The maximum Gasteiger partial charge on any atom is 0.0954 e. The van der Waals surface area contributed by atoms with E-state index in [0.717, 1.165) is 17.0 Å². The Morgan fingerprint density at radius 2 is 2.13 bits per heavy atom. The van der Waals surface area contributed by atoms with Crippen LogP contribution < -0.4 is 5.32 Å². The van der Waals surface area contributed by atoms with Crippen LogP contribution >= 0.6 is 11.6 Å². The Labute approximate surface area is 95.9 Å². The van der Waals surface area contributed by atoms with Gasteiger partial charge in [-0.25, -0.2) is 0 Å². The van der Waals surface area contributed by atoms with E-state index in [-0.39, 0.29) is 12.1 Å². The highest BCUT2D eigenvalue weighted by Gasteiger charge is 2.12. The van der Waals surface area contributed by atoms with Crippen LogP contribution in [0, 0.1) is 11.3 Å². The predicted molar refractivity (Wildman–Crippen MR) is 62.7 cm³/mol. The number of nitriles is 1. The SMILES string of the molecule is CCC(C#N)NC(C)c1ccccc1Cl. The second-order valence-electron chi connectivity index (χ2n) is 3.50. The Hall–Kier alpha value is -1.04. The highest BCUT2D eigenvalue weighted by atomic mass is 35.5. The maximum absolute atomic E-state index is 8.85. The molecule has 0 aromatic heterocycles. The molecule has 0 spiro atoms. The van der Waals surface area contributed by atoms with Crippen LogP contribution in [0.15, 0.2) is 24.3 Å². The van der Waals surface area contributed by atoms with Crippen LogP contribution in [0.1, 0.15) is 31.9 Å². The highest BCUT2D eigenvalue weighted by molar-refractivity contribution is 6.31. The number of halogens is 1. The van der Waals surface area contributed by atoms with Crippen LogP contribution in [0.25, 0.3) is 0 Å². The molecule has 0 amide bonds. The van der Waals surface area contributed by atoms with Crippen molar-refractivity contribution >= 4 is 11.6 Å². The zero-order valence-electron chi connectivity index (χ0n) is 9.00. The number of benzene rings is 1. The van der Waals surface area contributed by atoms with E-state index in [1.807, 2.05) is 38.1 Å². The molecule has 0 saturated carbocycles. The Bertz CT molecular complexity index is 357. The van der Waals surface area contributed by atoms with Crippen molar-refractivity contribution in [1.82, 2.24) is 5.32 Å². The molecule has 0 aliphatic carbocycles. The van der Waals surface area contributed by atoms with E-state index in [1.54, 1.807) is 0 Å². The summed E-state index contributed by atoms with van der Waals surface area (Å²) in [6, 6.07) is 9.90. The third kappa shape index (κ3) is 3.23. The average Bonchev–Trinajstić information content (AvgIpc) is 2.26. The van der Waals surface area contributed by atoms with Gasteiger partial charge in [0, 0.05) is 11.1 Å². The Balaban J connectivity index is 2.73. The Kier molecular flexibility index (Phi) is 4.61. The molecule has 1 aromatic rings. The number of nitrogens with zero attached hydrogens (tertiary/aromatic N) is 1. The van der Waals surface area contributed by atoms with Gasteiger partial charge in [0.05, 0.1) is 12.1 Å². The summed E-state index contributed by atoms with van der Waals surface area (Å²) in [4.78, 5) is 0. The van der Waals surface area contributed by atoms with Gasteiger partial charge in [0.1, 0.15) is 0 Å². The molecule has 0 aliphatic rings. The van der Waals surface area contributed by atoms with Crippen molar-refractivity contribution in [3.63, 3.8) is 0 Å². The quantitative estimate of drug-likeness (QED) is 0.849. The van der Waals surface area contributed by atoms with Crippen molar-refractivity contribution in [2.45, 2.75) is 32.4 Å². The van der Waals surface area contributed by atoms with E-state index < -0.39 is 0 Å². The van der Waals surface area contributed by atoms with Gasteiger partial charge < -0.3 is 0 Å². The largest absolute Gasteiger partial charge is 0.295 e. The van der Waals surface area contributed by atoms with E-state index in [0.29, 0.717) is 0 Å². The second kappa shape index (κ2) is 5.75. The Morgan fingerprint density at radius 1 is 1.47 bits per heavy atom. The van der Waals surface area contributed by atoms with Crippen LogP contribution in [0.2, 0.25) is 5.02 Å². The van der Waals surface area contributed by atoms with E-state index in [2.05, 4.69) is 11.4 Å². The van der Waals surface area contributed by atoms with Crippen LogP contribution in [0.4, 0.5) is 0 Å². The van der Waals surface area contributed by atoms with Crippen molar-refractivity contribution in [3.8, 4) is 6.07 Å². The summed E-state index contributed by atoms with van der Waals surface area (Å²) < 4.78 is 0. The number of rotatable bonds is 4. The van der Waals surface area contributed by atoms with Gasteiger partial charge in [-0.15, -0.1) is 0 Å². The first-order chi connectivity index (χ1) is 7.19. The van der Waals surface area contributed by atoms with Gasteiger partial charge in [-0.05, 0) is 25.0 Å². The summed E-state index contributed by atoms with van der Waals surface area (Å²) in [6.45, 7) is 4.00. The van der Waals surface area contributed by atoms with Crippen molar-refractivity contribution in [3.05, 3.63) is 34.9 Å². The molecular weight excluding hydrogens is 208 g/mol. The number of hydrogen-bond acceptors (Lipinski definition) is 2. The molecule has 3 heteroatoms. The third-order valence-corrected chi connectivity index (χ3v) is 2.73. The molecule has 0 fully saturated rings. The monoisotopic (exact) mass is 222 g/mol. The molecule has 0 aliphatic heterocycles. The van der Waals surface area contributed by atoms with Gasteiger partial charge in [-0.3, -0.25) is 5.32 Å². The van der Waals surface area contributed by atoms with E-state index >= 15 is 0 Å². The molecule has 0 heterocycles. The van der Waals surface area contributed by atoms with Crippen molar-refractivity contribution in [1.29, 1.82) is 5.26 Å². The summed E-state index contributed by atoms with van der Waals surface area (Å²) in [5.41, 5.74) is 1.04. The topological polar surface area (TPSA) is 35.8 Å². The van der Waals surface area contributed by atoms with Gasteiger partial charge >= 0.3 is 0 Å². The van der Waals surface area contributed by atoms with Gasteiger partial charge in [0.2, 0.25) is 0 Å². The second-order valence-corrected chi connectivity index (χ2v) is 3.91. The molecule has 0 radical (unpaired) electrons. The summed E-state index contributed by atoms with van der Waals surface area (Å²) >= 11 is 6.07. The molecule has 1 rings (SSSR count). The molecule has 2 unspecified atom stereocenters.